The molecule has 1 saturated heterocycles. The van der Waals surface area contributed by atoms with Crippen LogP contribution in [0.4, 0.5) is 10.5 Å². The summed E-state index contributed by atoms with van der Waals surface area (Å²) in [6.45, 7) is 9.86. The van der Waals surface area contributed by atoms with Crippen LogP contribution in [0.2, 0.25) is 0 Å². The topological polar surface area (TPSA) is 85.9 Å². The number of hydrogen-bond acceptors (Lipinski definition) is 5. The van der Waals surface area contributed by atoms with Crippen LogP contribution in [0.15, 0.2) is 78.3 Å². The average Bonchev–Trinajstić information content (AvgIpc) is 3.35. The predicted molar refractivity (Wildman–Crippen MR) is 158 cm³/mol. The van der Waals surface area contributed by atoms with Gasteiger partial charge in [0.1, 0.15) is 6.61 Å². The van der Waals surface area contributed by atoms with Crippen LogP contribution < -0.4 is 10.6 Å². The third-order valence-electron chi connectivity index (χ3n) is 7.92. The largest absolute Gasteiger partial charge is 0.492 e. The summed E-state index contributed by atoms with van der Waals surface area (Å²) in [4.78, 5) is 24.3. The van der Waals surface area contributed by atoms with E-state index in [0.717, 1.165) is 22.2 Å². The molecule has 0 radical (unpaired) electrons. The molecule has 0 atom stereocenters. The molecule has 2 amide bonds. The summed E-state index contributed by atoms with van der Waals surface area (Å²) in [7, 11) is -0.645. The average molecular weight is 538 g/mol. The van der Waals surface area contributed by atoms with Gasteiger partial charge >= 0.3 is 13.2 Å². The van der Waals surface area contributed by atoms with Crippen molar-refractivity contribution in [1.82, 2.24) is 5.32 Å². The first-order chi connectivity index (χ1) is 19.0. The lowest BCUT2D eigenvalue weighted by molar-refractivity contribution is -0.114. The second kappa shape index (κ2) is 10.9. The van der Waals surface area contributed by atoms with Gasteiger partial charge in [-0.2, -0.15) is 0 Å². The Balaban J connectivity index is 1.29. The maximum absolute atomic E-state index is 12.9. The second-order valence-electron chi connectivity index (χ2n) is 11.3. The summed E-state index contributed by atoms with van der Waals surface area (Å²) >= 11 is 0. The van der Waals surface area contributed by atoms with E-state index in [-0.39, 0.29) is 25.0 Å². The number of carbonyl (C=O) groups is 2. The Morgan fingerprint density at radius 2 is 1.43 bits per heavy atom. The van der Waals surface area contributed by atoms with E-state index in [1.54, 1.807) is 0 Å². The van der Waals surface area contributed by atoms with Gasteiger partial charge in [-0.1, -0.05) is 66.7 Å². The fourth-order valence-corrected chi connectivity index (χ4v) is 5.10. The normalized spacial score (nSPS) is 17.2. The lowest BCUT2D eigenvalue weighted by Crippen LogP contribution is -2.41. The van der Waals surface area contributed by atoms with Gasteiger partial charge in [-0.05, 0) is 73.1 Å². The standard InChI is InChI=1S/C32H35BN2O5/c1-21(36)35-24-16-14-22(15-17-24)18-23(33-39-31(2,3)32(4,5)40-33)19-34-30(37)38-20-29-27-12-8-6-10-25(27)26-11-7-9-13-28(26)29/h6-18,29H,19-20H2,1-5H3,(H,34,37)(H,35,36). The van der Waals surface area contributed by atoms with Crippen molar-refractivity contribution in [3.05, 3.63) is 95.0 Å². The van der Waals surface area contributed by atoms with Crippen molar-refractivity contribution in [3.63, 3.8) is 0 Å². The van der Waals surface area contributed by atoms with E-state index in [0.29, 0.717) is 5.69 Å². The van der Waals surface area contributed by atoms with Crippen LogP contribution in [0, 0.1) is 0 Å². The van der Waals surface area contributed by atoms with Gasteiger partial charge in [-0.25, -0.2) is 4.79 Å². The number of anilines is 1. The summed E-state index contributed by atoms with van der Waals surface area (Å²) < 4.78 is 18.3. The molecule has 3 aromatic carbocycles. The van der Waals surface area contributed by atoms with Crippen molar-refractivity contribution in [1.29, 1.82) is 0 Å². The second-order valence-corrected chi connectivity index (χ2v) is 11.3. The molecular weight excluding hydrogens is 503 g/mol. The Labute approximate surface area is 236 Å². The maximum atomic E-state index is 12.9. The number of carbonyl (C=O) groups excluding carboxylic acids is 2. The maximum Gasteiger partial charge on any atom is 0.492 e. The van der Waals surface area contributed by atoms with Gasteiger partial charge in [-0.3, -0.25) is 4.79 Å². The van der Waals surface area contributed by atoms with Gasteiger partial charge in [0.2, 0.25) is 5.91 Å². The number of rotatable bonds is 7. The molecule has 1 fully saturated rings. The summed E-state index contributed by atoms with van der Waals surface area (Å²) in [5, 5.41) is 5.67. The Morgan fingerprint density at radius 3 is 1.98 bits per heavy atom. The Morgan fingerprint density at radius 1 is 0.875 bits per heavy atom. The van der Waals surface area contributed by atoms with E-state index < -0.39 is 24.4 Å². The van der Waals surface area contributed by atoms with E-state index >= 15 is 0 Å². The molecule has 8 heteroatoms. The van der Waals surface area contributed by atoms with Crippen molar-refractivity contribution in [3.8, 4) is 11.1 Å². The van der Waals surface area contributed by atoms with E-state index in [2.05, 4.69) is 34.9 Å². The molecule has 3 aromatic rings. The summed E-state index contributed by atoms with van der Waals surface area (Å²) in [6, 6.07) is 23.9. The minimum atomic E-state index is -0.645. The van der Waals surface area contributed by atoms with Crippen LogP contribution in [0.5, 0.6) is 0 Å². The van der Waals surface area contributed by atoms with Crippen LogP contribution in [0.1, 0.15) is 57.2 Å². The molecule has 0 aromatic heterocycles. The molecule has 1 aliphatic carbocycles. The third-order valence-corrected chi connectivity index (χ3v) is 7.92. The number of fused-ring (bicyclic) bond motifs is 3. The van der Waals surface area contributed by atoms with Gasteiger partial charge in [-0.15, -0.1) is 0 Å². The number of amides is 2. The van der Waals surface area contributed by atoms with Crippen LogP contribution in [-0.4, -0.2) is 43.5 Å². The predicted octanol–water partition coefficient (Wildman–Crippen LogP) is 6.20. The van der Waals surface area contributed by atoms with Crippen LogP contribution >= 0.6 is 0 Å². The minimum absolute atomic E-state index is 0.0154. The first-order valence-corrected chi connectivity index (χ1v) is 13.6. The molecule has 0 bridgehead atoms. The van der Waals surface area contributed by atoms with Gasteiger partial charge in [0.15, 0.2) is 0 Å². The van der Waals surface area contributed by atoms with E-state index in [9.17, 15) is 9.59 Å². The number of nitrogens with one attached hydrogen (secondary N) is 2. The monoisotopic (exact) mass is 538 g/mol. The number of benzene rings is 3. The molecule has 2 N–H and O–H groups in total. The van der Waals surface area contributed by atoms with Crippen LogP contribution in [0.25, 0.3) is 17.2 Å². The Kier molecular flexibility index (Phi) is 7.58. The molecule has 206 valence electrons. The molecule has 2 aliphatic rings. The molecule has 0 unspecified atom stereocenters. The summed E-state index contributed by atoms with van der Waals surface area (Å²) in [5.41, 5.74) is 5.97. The zero-order valence-electron chi connectivity index (χ0n) is 23.6. The van der Waals surface area contributed by atoms with Crippen LogP contribution in [-0.2, 0) is 18.8 Å². The molecule has 1 aliphatic heterocycles. The van der Waals surface area contributed by atoms with E-state index in [1.165, 1.54) is 18.1 Å². The molecule has 5 rings (SSSR count). The van der Waals surface area contributed by atoms with E-state index in [4.69, 9.17) is 14.0 Å². The first kappa shape index (κ1) is 27.7. The van der Waals surface area contributed by atoms with Crippen molar-refractivity contribution >= 4 is 30.9 Å². The number of alkyl carbamates (subject to hydrolysis) is 1. The molecular formula is C32H35BN2O5. The Bertz CT molecular complexity index is 1390. The molecule has 40 heavy (non-hydrogen) atoms. The van der Waals surface area contributed by atoms with Gasteiger partial charge in [0.25, 0.3) is 0 Å². The van der Waals surface area contributed by atoms with Gasteiger partial charge in [0, 0.05) is 25.1 Å². The zero-order chi connectivity index (χ0) is 28.5. The quantitative estimate of drug-likeness (QED) is 0.350. The van der Waals surface area contributed by atoms with Gasteiger partial charge in [0.05, 0.1) is 11.2 Å². The minimum Gasteiger partial charge on any atom is -0.449 e. The van der Waals surface area contributed by atoms with Crippen molar-refractivity contribution in [2.24, 2.45) is 0 Å². The molecule has 0 spiro atoms. The highest BCUT2D eigenvalue weighted by Crippen LogP contribution is 2.44. The zero-order valence-corrected chi connectivity index (χ0v) is 23.6. The Hall–Kier alpha value is -3.88. The smallest absolute Gasteiger partial charge is 0.449 e. The lowest BCUT2D eigenvalue weighted by atomic mass is 9.77. The van der Waals surface area contributed by atoms with Crippen LogP contribution in [0.3, 0.4) is 0 Å². The van der Waals surface area contributed by atoms with Crippen molar-refractivity contribution in [2.45, 2.75) is 51.7 Å². The van der Waals surface area contributed by atoms with Gasteiger partial charge < -0.3 is 24.7 Å². The third kappa shape index (κ3) is 5.69. The molecule has 0 saturated carbocycles. The molecule has 1 heterocycles. The first-order valence-electron chi connectivity index (χ1n) is 13.6. The van der Waals surface area contributed by atoms with Crippen molar-refractivity contribution < 1.29 is 23.6 Å². The fraction of sp³-hybridized carbons (Fsp3) is 0.312. The lowest BCUT2D eigenvalue weighted by Gasteiger charge is -2.32. The number of ether oxygens (including phenoxy) is 1. The van der Waals surface area contributed by atoms with Crippen molar-refractivity contribution in [2.75, 3.05) is 18.5 Å². The molecule has 7 nitrogen and oxygen atoms in total. The SMILES string of the molecule is CC(=O)Nc1ccc(C=C(CNC(=O)OCC2c3ccccc3-c3ccccc32)B2OC(C)(C)C(C)(C)O2)cc1. The van der Waals surface area contributed by atoms with E-state index in [1.807, 2.05) is 82.3 Å². The highest BCUT2D eigenvalue weighted by molar-refractivity contribution is 6.56. The highest BCUT2D eigenvalue weighted by atomic mass is 16.7. The summed E-state index contributed by atoms with van der Waals surface area (Å²) in [5.74, 6) is -0.146. The fourth-order valence-electron chi connectivity index (χ4n) is 5.10. The highest BCUT2D eigenvalue weighted by Gasteiger charge is 2.52. The number of hydrogen-bond donors (Lipinski definition) is 2. The summed E-state index contributed by atoms with van der Waals surface area (Å²) in [6.07, 6.45) is 1.42.